The van der Waals surface area contributed by atoms with Gasteiger partial charge in [-0.3, -0.25) is 4.79 Å². The van der Waals surface area contributed by atoms with Gasteiger partial charge in [-0.05, 0) is 62.8 Å². The highest BCUT2D eigenvalue weighted by atomic mass is 32.2. The van der Waals surface area contributed by atoms with E-state index in [1.807, 2.05) is 24.8 Å². The number of likely N-dealkylation sites (tertiary alicyclic amines) is 1. The molecule has 150 valence electrons. The molecule has 0 saturated carbocycles. The molecule has 2 aliphatic rings. The van der Waals surface area contributed by atoms with Gasteiger partial charge in [-0.15, -0.1) is 0 Å². The van der Waals surface area contributed by atoms with Gasteiger partial charge in [0.2, 0.25) is 10.0 Å². The Balaban J connectivity index is 1.57. The Morgan fingerprint density at radius 1 is 0.963 bits per heavy atom. The fraction of sp³-hybridized carbons (Fsp3) is 0.650. The van der Waals surface area contributed by atoms with Crippen LogP contribution in [-0.2, 0) is 14.8 Å². The second-order valence-corrected chi connectivity index (χ2v) is 9.81. The molecule has 2 fully saturated rings. The standard InChI is InChI=1S/C20H31N3O3S/c1-17-7-8-19(15-18(17)2)27(25,26)23-13-11-22(12-14-23)20(24)16-21-9-5-3-4-6-10-21/h7-8,15H,3-6,9-14,16H2,1-2H3/p+1. The molecule has 7 heteroatoms. The van der Waals surface area contributed by atoms with Crippen molar-refractivity contribution in [3.8, 4) is 0 Å². The number of rotatable bonds is 4. The second kappa shape index (κ2) is 8.71. The van der Waals surface area contributed by atoms with Gasteiger partial charge >= 0.3 is 0 Å². The van der Waals surface area contributed by atoms with E-state index < -0.39 is 10.0 Å². The van der Waals surface area contributed by atoms with Crippen molar-refractivity contribution in [1.82, 2.24) is 9.21 Å². The number of hydrogen-bond donors (Lipinski definition) is 1. The number of carbonyl (C=O) groups excluding carboxylic acids is 1. The third kappa shape index (κ3) is 4.89. The van der Waals surface area contributed by atoms with Gasteiger partial charge in [0.15, 0.2) is 6.54 Å². The van der Waals surface area contributed by atoms with Crippen molar-refractivity contribution in [1.29, 1.82) is 0 Å². The maximum atomic E-state index is 12.9. The molecule has 3 rings (SSSR count). The lowest BCUT2D eigenvalue weighted by Gasteiger charge is -2.34. The number of nitrogens with zero attached hydrogens (tertiary/aromatic N) is 2. The van der Waals surface area contributed by atoms with Crippen LogP contribution in [-0.4, -0.2) is 69.3 Å². The predicted octanol–water partition coefficient (Wildman–Crippen LogP) is 0.595. The minimum absolute atomic E-state index is 0.162. The molecule has 0 aromatic heterocycles. The van der Waals surface area contributed by atoms with Gasteiger partial charge < -0.3 is 9.80 Å². The van der Waals surface area contributed by atoms with Gasteiger partial charge in [-0.2, -0.15) is 4.31 Å². The van der Waals surface area contributed by atoms with E-state index in [9.17, 15) is 13.2 Å². The lowest BCUT2D eigenvalue weighted by molar-refractivity contribution is -0.891. The average molecular weight is 395 g/mol. The van der Waals surface area contributed by atoms with Crippen LogP contribution in [0.5, 0.6) is 0 Å². The first kappa shape index (κ1) is 20.3. The van der Waals surface area contributed by atoms with Crippen LogP contribution in [0.25, 0.3) is 0 Å². The first-order chi connectivity index (χ1) is 12.9. The maximum absolute atomic E-state index is 12.9. The number of hydrogen-bond acceptors (Lipinski definition) is 3. The number of carbonyl (C=O) groups is 1. The van der Waals surface area contributed by atoms with Crippen molar-refractivity contribution in [2.45, 2.75) is 44.4 Å². The highest BCUT2D eigenvalue weighted by molar-refractivity contribution is 7.89. The highest BCUT2D eigenvalue weighted by Crippen LogP contribution is 2.20. The molecule has 1 aromatic rings. The minimum atomic E-state index is -3.49. The Labute approximate surface area is 163 Å². The molecular formula is C20H32N3O3S+. The number of benzene rings is 1. The van der Waals surface area contributed by atoms with Gasteiger partial charge in [-0.25, -0.2) is 8.42 Å². The maximum Gasteiger partial charge on any atom is 0.277 e. The van der Waals surface area contributed by atoms with E-state index in [2.05, 4.69) is 0 Å². The van der Waals surface area contributed by atoms with Crippen molar-refractivity contribution < 1.29 is 18.1 Å². The average Bonchev–Trinajstić information content (AvgIpc) is 2.92. The molecule has 0 atom stereocenters. The summed E-state index contributed by atoms with van der Waals surface area (Å²) < 4.78 is 27.3. The number of quaternary nitrogens is 1. The summed E-state index contributed by atoms with van der Waals surface area (Å²) in [6.07, 6.45) is 4.94. The van der Waals surface area contributed by atoms with Crippen LogP contribution in [0.1, 0.15) is 36.8 Å². The summed E-state index contributed by atoms with van der Waals surface area (Å²) in [6.45, 7) is 8.31. The van der Waals surface area contributed by atoms with Gasteiger partial charge in [0.1, 0.15) is 0 Å². The van der Waals surface area contributed by atoms with Crippen LogP contribution in [0.15, 0.2) is 23.1 Å². The van der Waals surface area contributed by atoms with E-state index in [1.54, 1.807) is 12.1 Å². The molecule has 2 saturated heterocycles. The van der Waals surface area contributed by atoms with Gasteiger partial charge in [0.05, 0.1) is 18.0 Å². The SMILES string of the molecule is Cc1ccc(S(=O)(=O)N2CCN(C(=O)C[NH+]3CCCCCC3)CC2)cc1C. The predicted molar refractivity (Wildman–Crippen MR) is 105 cm³/mol. The number of nitrogens with one attached hydrogen (secondary N) is 1. The van der Waals surface area contributed by atoms with Crippen molar-refractivity contribution >= 4 is 15.9 Å². The van der Waals surface area contributed by atoms with E-state index in [-0.39, 0.29) is 5.91 Å². The summed E-state index contributed by atoms with van der Waals surface area (Å²) in [7, 11) is -3.49. The summed E-state index contributed by atoms with van der Waals surface area (Å²) in [5.74, 6) is 0.162. The molecule has 6 nitrogen and oxygen atoms in total. The highest BCUT2D eigenvalue weighted by Gasteiger charge is 2.31. The number of piperazine rings is 1. The monoisotopic (exact) mass is 394 g/mol. The zero-order valence-electron chi connectivity index (χ0n) is 16.5. The molecule has 0 radical (unpaired) electrons. The van der Waals surface area contributed by atoms with Gasteiger partial charge in [-0.1, -0.05) is 6.07 Å². The molecule has 0 spiro atoms. The normalized spacial score (nSPS) is 20.4. The molecule has 2 heterocycles. The van der Waals surface area contributed by atoms with Gasteiger partial charge in [0.25, 0.3) is 5.91 Å². The zero-order valence-corrected chi connectivity index (χ0v) is 17.4. The Hall–Kier alpha value is -1.44. The molecule has 1 aromatic carbocycles. The molecule has 27 heavy (non-hydrogen) atoms. The van der Waals surface area contributed by atoms with Crippen LogP contribution in [0.2, 0.25) is 0 Å². The molecular weight excluding hydrogens is 362 g/mol. The van der Waals surface area contributed by atoms with E-state index in [4.69, 9.17) is 0 Å². The summed E-state index contributed by atoms with van der Waals surface area (Å²) >= 11 is 0. The van der Waals surface area contributed by atoms with E-state index in [1.165, 1.54) is 34.9 Å². The zero-order chi connectivity index (χ0) is 19.4. The Bertz CT molecular complexity index is 763. The summed E-state index contributed by atoms with van der Waals surface area (Å²) in [4.78, 5) is 16.2. The molecule has 2 aliphatic heterocycles. The van der Waals surface area contributed by atoms with E-state index in [0.29, 0.717) is 37.6 Å². The van der Waals surface area contributed by atoms with Crippen molar-refractivity contribution in [2.24, 2.45) is 0 Å². The minimum Gasteiger partial charge on any atom is -0.335 e. The van der Waals surface area contributed by atoms with Crippen LogP contribution in [0, 0.1) is 13.8 Å². The lowest BCUT2D eigenvalue weighted by atomic mass is 10.1. The Morgan fingerprint density at radius 3 is 2.19 bits per heavy atom. The first-order valence-corrected chi connectivity index (χ1v) is 11.5. The lowest BCUT2D eigenvalue weighted by Crippen LogP contribution is -3.13. The summed E-state index contributed by atoms with van der Waals surface area (Å²) in [6, 6.07) is 5.27. The molecule has 0 bridgehead atoms. The molecule has 0 aliphatic carbocycles. The third-order valence-corrected chi connectivity index (χ3v) is 7.81. The van der Waals surface area contributed by atoms with E-state index >= 15 is 0 Å². The first-order valence-electron chi connectivity index (χ1n) is 10.1. The second-order valence-electron chi connectivity index (χ2n) is 7.87. The van der Waals surface area contributed by atoms with Crippen LogP contribution < -0.4 is 4.90 Å². The van der Waals surface area contributed by atoms with Crippen molar-refractivity contribution in [2.75, 3.05) is 45.8 Å². The summed E-state index contributed by atoms with van der Waals surface area (Å²) in [5, 5.41) is 0. The Morgan fingerprint density at radius 2 is 1.59 bits per heavy atom. The van der Waals surface area contributed by atoms with Crippen LogP contribution >= 0.6 is 0 Å². The third-order valence-electron chi connectivity index (χ3n) is 5.92. The fourth-order valence-electron chi connectivity index (χ4n) is 3.93. The number of aryl methyl sites for hydroxylation is 2. The van der Waals surface area contributed by atoms with Crippen LogP contribution in [0.3, 0.4) is 0 Å². The van der Waals surface area contributed by atoms with Gasteiger partial charge in [0, 0.05) is 26.2 Å². The molecule has 0 unspecified atom stereocenters. The molecule has 1 amide bonds. The van der Waals surface area contributed by atoms with E-state index in [0.717, 1.165) is 24.2 Å². The molecule has 1 N–H and O–H groups in total. The van der Waals surface area contributed by atoms with Crippen LogP contribution in [0.4, 0.5) is 0 Å². The number of amides is 1. The number of sulfonamides is 1. The Kier molecular flexibility index (Phi) is 6.55. The fourth-order valence-corrected chi connectivity index (χ4v) is 5.44. The smallest absolute Gasteiger partial charge is 0.277 e. The largest absolute Gasteiger partial charge is 0.335 e. The topological polar surface area (TPSA) is 62.1 Å². The quantitative estimate of drug-likeness (QED) is 0.813. The summed E-state index contributed by atoms with van der Waals surface area (Å²) in [5.41, 5.74) is 2.06. The van der Waals surface area contributed by atoms with Crippen molar-refractivity contribution in [3.05, 3.63) is 29.3 Å². The van der Waals surface area contributed by atoms with Crippen molar-refractivity contribution in [3.63, 3.8) is 0 Å².